The lowest BCUT2D eigenvalue weighted by Crippen LogP contribution is -2.50. The maximum atomic E-state index is 5.97. The Bertz CT molecular complexity index is 328. The van der Waals surface area contributed by atoms with Crippen LogP contribution in [0.25, 0.3) is 0 Å². The highest BCUT2D eigenvalue weighted by Gasteiger charge is 2.25. The van der Waals surface area contributed by atoms with Crippen molar-refractivity contribution in [2.24, 2.45) is 5.73 Å². The van der Waals surface area contributed by atoms with Crippen molar-refractivity contribution < 1.29 is 0 Å². The largest absolute Gasteiger partial charge is 0.329 e. The van der Waals surface area contributed by atoms with Crippen molar-refractivity contribution >= 4 is 11.8 Å². The lowest BCUT2D eigenvalue weighted by molar-refractivity contribution is 0.164. The van der Waals surface area contributed by atoms with Gasteiger partial charge in [0.25, 0.3) is 0 Å². The minimum Gasteiger partial charge on any atom is -0.329 e. The minimum absolute atomic E-state index is 0.494. The molecule has 1 aliphatic heterocycles. The van der Waals surface area contributed by atoms with Crippen LogP contribution in [0.3, 0.4) is 0 Å². The standard InChI is InChI=1S/C14H22N2S/c1-12-11-17-8-7-16(12)14(10-15)9-13-5-3-2-4-6-13/h2-6,12,14H,7-11,15H2,1H3. The third-order valence-electron chi connectivity index (χ3n) is 3.47. The molecule has 1 aliphatic rings. The van der Waals surface area contributed by atoms with Crippen molar-refractivity contribution in [3.8, 4) is 0 Å². The van der Waals surface area contributed by atoms with Gasteiger partial charge >= 0.3 is 0 Å². The van der Waals surface area contributed by atoms with Gasteiger partial charge in [0.15, 0.2) is 0 Å². The molecule has 0 aliphatic carbocycles. The summed E-state index contributed by atoms with van der Waals surface area (Å²) in [6.45, 7) is 4.25. The van der Waals surface area contributed by atoms with Gasteiger partial charge in [-0.15, -0.1) is 0 Å². The summed E-state index contributed by atoms with van der Waals surface area (Å²) in [6, 6.07) is 11.8. The summed E-state index contributed by atoms with van der Waals surface area (Å²) in [5.74, 6) is 2.49. The molecular weight excluding hydrogens is 228 g/mol. The monoisotopic (exact) mass is 250 g/mol. The van der Waals surface area contributed by atoms with E-state index in [4.69, 9.17) is 5.73 Å². The smallest absolute Gasteiger partial charge is 0.0262 e. The third kappa shape index (κ3) is 3.47. The minimum atomic E-state index is 0.494. The van der Waals surface area contributed by atoms with Gasteiger partial charge in [-0.2, -0.15) is 11.8 Å². The first-order chi connectivity index (χ1) is 8.31. The number of benzene rings is 1. The molecule has 3 heteroatoms. The van der Waals surface area contributed by atoms with E-state index in [-0.39, 0.29) is 0 Å². The Kier molecular flexibility index (Phi) is 4.89. The topological polar surface area (TPSA) is 29.3 Å². The van der Waals surface area contributed by atoms with Gasteiger partial charge in [0.1, 0.15) is 0 Å². The highest BCUT2D eigenvalue weighted by Crippen LogP contribution is 2.20. The van der Waals surface area contributed by atoms with Crippen molar-refractivity contribution in [2.45, 2.75) is 25.4 Å². The first-order valence-corrected chi connectivity index (χ1v) is 7.54. The second-order valence-electron chi connectivity index (χ2n) is 4.74. The first-order valence-electron chi connectivity index (χ1n) is 6.38. The molecule has 0 amide bonds. The van der Waals surface area contributed by atoms with E-state index in [1.54, 1.807) is 0 Å². The summed E-state index contributed by atoms with van der Waals surface area (Å²) in [5, 5.41) is 0. The zero-order valence-corrected chi connectivity index (χ0v) is 11.3. The number of rotatable bonds is 4. The summed E-state index contributed by atoms with van der Waals surface area (Å²) in [4.78, 5) is 2.59. The maximum absolute atomic E-state index is 5.97. The van der Waals surface area contributed by atoms with Crippen LogP contribution in [0.5, 0.6) is 0 Å². The summed E-state index contributed by atoms with van der Waals surface area (Å²) < 4.78 is 0. The van der Waals surface area contributed by atoms with E-state index in [1.807, 2.05) is 0 Å². The number of hydrogen-bond donors (Lipinski definition) is 1. The van der Waals surface area contributed by atoms with E-state index in [9.17, 15) is 0 Å². The average Bonchev–Trinajstić information content (AvgIpc) is 2.38. The van der Waals surface area contributed by atoms with E-state index < -0.39 is 0 Å². The molecule has 94 valence electrons. The van der Waals surface area contributed by atoms with Crippen molar-refractivity contribution in [3.63, 3.8) is 0 Å². The van der Waals surface area contributed by atoms with Gasteiger partial charge in [-0.3, -0.25) is 4.90 Å². The van der Waals surface area contributed by atoms with Gasteiger partial charge in [0.2, 0.25) is 0 Å². The number of thioether (sulfide) groups is 1. The highest BCUT2D eigenvalue weighted by molar-refractivity contribution is 7.99. The van der Waals surface area contributed by atoms with Crippen LogP contribution in [0, 0.1) is 0 Å². The number of nitrogens with two attached hydrogens (primary N) is 1. The van der Waals surface area contributed by atoms with Gasteiger partial charge in [0, 0.05) is 36.7 Å². The highest BCUT2D eigenvalue weighted by atomic mass is 32.2. The molecular formula is C14H22N2S. The van der Waals surface area contributed by atoms with Gasteiger partial charge in [-0.05, 0) is 18.9 Å². The average molecular weight is 250 g/mol. The third-order valence-corrected chi connectivity index (χ3v) is 4.66. The molecule has 2 nitrogen and oxygen atoms in total. The molecule has 0 saturated carbocycles. The van der Waals surface area contributed by atoms with Gasteiger partial charge in [-0.1, -0.05) is 30.3 Å². The van der Waals surface area contributed by atoms with Gasteiger partial charge in [-0.25, -0.2) is 0 Å². The van der Waals surface area contributed by atoms with Crippen LogP contribution in [0.1, 0.15) is 12.5 Å². The Labute approximate surface area is 109 Å². The molecule has 2 unspecified atom stereocenters. The lowest BCUT2D eigenvalue weighted by atomic mass is 10.0. The van der Waals surface area contributed by atoms with Crippen LogP contribution in [-0.4, -0.2) is 41.6 Å². The van der Waals surface area contributed by atoms with Crippen LogP contribution in [-0.2, 0) is 6.42 Å². The number of hydrogen-bond acceptors (Lipinski definition) is 3. The predicted molar refractivity (Wildman–Crippen MR) is 76.5 cm³/mol. The zero-order valence-electron chi connectivity index (χ0n) is 10.5. The first kappa shape index (κ1) is 12.9. The molecule has 17 heavy (non-hydrogen) atoms. The van der Waals surface area contributed by atoms with Crippen molar-refractivity contribution in [3.05, 3.63) is 35.9 Å². The van der Waals surface area contributed by atoms with E-state index in [1.165, 1.54) is 23.6 Å². The van der Waals surface area contributed by atoms with Gasteiger partial charge in [0.05, 0.1) is 0 Å². The molecule has 1 heterocycles. The van der Waals surface area contributed by atoms with Crippen LogP contribution < -0.4 is 5.73 Å². The van der Waals surface area contributed by atoms with E-state index >= 15 is 0 Å². The second-order valence-corrected chi connectivity index (χ2v) is 5.89. The van der Waals surface area contributed by atoms with Crippen LogP contribution in [0.15, 0.2) is 30.3 Å². The fourth-order valence-corrected chi connectivity index (χ4v) is 3.54. The molecule has 2 rings (SSSR count). The Morgan fingerprint density at radius 3 is 2.82 bits per heavy atom. The van der Waals surface area contributed by atoms with Crippen molar-refractivity contribution in [1.29, 1.82) is 0 Å². The lowest BCUT2D eigenvalue weighted by Gasteiger charge is -2.39. The maximum Gasteiger partial charge on any atom is 0.0262 e. The molecule has 0 radical (unpaired) electrons. The molecule has 1 fully saturated rings. The van der Waals surface area contributed by atoms with E-state index in [2.05, 4.69) is 53.9 Å². The quantitative estimate of drug-likeness (QED) is 0.886. The molecule has 0 spiro atoms. The number of nitrogens with zero attached hydrogens (tertiary/aromatic N) is 1. The normalized spacial score (nSPS) is 23.5. The van der Waals surface area contributed by atoms with Crippen LogP contribution >= 0.6 is 11.8 Å². The fraction of sp³-hybridized carbons (Fsp3) is 0.571. The molecule has 1 aromatic carbocycles. The Morgan fingerprint density at radius 2 is 2.18 bits per heavy atom. The second kappa shape index (κ2) is 6.43. The fourth-order valence-electron chi connectivity index (χ4n) is 2.50. The van der Waals surface area contributed by atoms with Crippen LogP contribution in [0.2, 0.25) is 0 Å². The summed E-state index contributed by atoms with van der Waals surface area (Å²) >= 11 is 2.06. The molecule has 0 aromatic heterocycles. The van der Waals surface area contributed by atoms with E-state index in [0.29, 0.717) is 12.1 Å². The summed E-state index contributed by atoms with van der Waals surface area (Å²) in [6.07, 6.45) is 1.08. The summed E-state index contributed by atoms with van der Waals surface area (Å²) in [7, 11) is 0. The van der Waals surface area contributed by atoms with Crippen molar-refractivity contribution in [2.75, 3.05) is 24.6 Å². The zero-order chi connectivity index (χ0) is 12.1. The molecule has 2 N–H and O–H groups in total. The van der Waals surface area contributed by atoms with Crippen molar-refractivity contribution in [1.82, 2.24) is 4.90 Å². The molecule has 1 saturated heterocycles. The van der Waals surface area contributed by atoms with Crippen LogP contribution in [0.4, 0.5) is 0 Å². The molecule has 1 aromatic rings. The molecule has 0 bridgehead atoms. The Balaban J connectivity index is 2.00. The predicted octanol–water partition coefficient (Wildman–Crippen LogP) is 1.99. The Morgan fingerprint density at radius 1 is 1.41 bits per heavy atom. The SMILES string of the molecule is CC1CSCCN1C(CN)Cc1ccccc1. The van der Waals surface area contributed by atoms with Gasteiger partial charge < -0.3 is 5.73 Å². The Hall–Kier alpha value is -0.510. The summed E-state index contributed by atoms with van der Waals surface area (Å²) in [5.41, 5.74) is 7.36. The molecule has 2 atom stereocenters. The van der Waals surface area contributed by atoms with E-state index in [0.717, 1.165) is 13.0 Å².